The minimum absolute atomic E-state index is 0.0307. The fourth-order valence-electron chi connectivity index (χ4n) is 2.95. The number of hydrogen-bond acceptors (Lipinski definition) is 5. The van der Waals surface area contributed by atoms with Gasteiger partial charge in [-0.3, -0.25) is 4.99 Å². The number of rotatable bonds is 8. The second-order valence-electron chi connectivity index (χ2n) is 7.30. The highest BCUT2D eigenvalue weighted by Gasteiger charge is 2.33. The molecular weight excluding hydrogens is 366 g/mol. The molecule has 2 N–H and O–H groups in total. The van der Waals surface area contributed by atoms with Crippen LogP contribution in [0.2, 0.25) is 0 Å². The van der Waals surface area contributed by atoms with Gasteiger partial charge in [0.25, 0.3) is 0 Å². The summed E-state index contributed by atoms with van der Waals surface area (Å²) in [6, 6.07) is 8.14. The number of sulfone groups is 1. The van der Waals surface area contributed by atoms with Crippen LogP contribution in [-0.4, -0.2) is 58.3 Å². The third kappa shape index (κ3) is 7.38. The van der Waals surface area contributed by atoms with Crippen LogP contribution in [0.1, 0.15) is 38.8 Å². The lowest BCUT2D eigenvalue weighted by Crippen LogP contribution is -2.45. The molecule has 1 aromatic carbocycles. The monoisotopic (exact) mass is 397 g/mol. The molecule has 1 aliphatic heterocycles. The van der Waals surface area contributed by atoms with Crippen molar-refractivity contribution in [3.63, 3.8) is 0 Å². The molecule has 1 aliphatic rings. The first-order valence-corrected chi connectivity index (χ1v) is 11.3. The van der Waals surface area contributed by atoms with E-state index in [1.165, 1.54) is 6.26 Å². The maximum absolute atomic E-state index is 11.1. The molecule has 0 spiro atoms. The smallest absolute Gasteiger partial charge is 0.191 e. The third-order valence-electron chi connectivity index (χ3n) is 4.14. The highest BCUT2D eigenvalue weighted by molar-refractivity contribution is 7.90. The van der Waals surface area contributed by atoms with Gasteiger partial charge in [-0.05, 0) is 26.8 Å². The summed E-state index contributed by atoms with van der Waals surface area (Å²) in [7, 11) is -2.99. The van der Waals surface area contributed by atoms with Crippen LogP contribution in [0, 0.1) is 0 Å². The normalized spacial score (nSPS) is 19.1. The summed E-state index contributed by atoms with van der Waals surface area (Å²) < 4.78 is 33.6. The van der Waals surface area contributed by atoms with Crippen LogP contribution in [0.3, 0.4) is 0 Å². The van der Waals surface area contributed by atoms with Crippen LogP contribution in [0.25, 0.3) is 0 Å². The van der Waals surface area contributed by atoms with Crippen LogP contribution in [0.4, 0.5) is 0 Å². The maximum Gasteiger partial charge on any atom is 0.191 e. The molecule has 1 aromatic rings. The molecule has 152 valence electrons. The van der Waals surface area contributed by atoms with Crippen molar-refractivity contribution in [3.05, 3.63) is 29.8 Å². The number of benzene rings is 1. The molecule has 27 heavy (non-hydrogen) atoms. The lowest BCUT2D eigenvalue weighted by Gasteiger charge is -2.38. The van der Waals surface area contributed by atoms with Crippen LogP contribution in [0.5, 0.6) is 5.75 Å². The molecule has 2 rings (SSSR count). The molecule has 8 heteroatoms. The third-order valence-corrected chi connectivity index (χ3v) is 5.04. The Kier molecular flexibility index (Phi) is 7.49. The second kappa shape index (κ2) is 9.41. The number of ether oxygens (including phenoxy) is 2. The topological polar surface area (TPSA) is 89.0 Å². The van der Waals surface area contributed by atoms with E-state index in [1.54, 1.807) is 0 Å². The molecule has 0 amide bonds. The molecule has 0 bridgehead atoms. The molecule has 0 radical (unpaired) electrons. The van der Waals surface area contributed by atoms with Gasteiger partial charge in [0.1, 0.15) is 21.2 Å². The van der Waals surface area contributed by atoms with E-state index < -0.39 is 9.84 Å². The first-order valence-electron chi connectivity index (χ1n) is 9.28. The van der Waals surface area contributed by atoms with E-state index in [1.807, 2.05) is 25.1 Å². The van der Waals surface area contributed by atoms with Crippen LogP contribution in [0.15, 0.2) is 29.3 Å². The highest BCUT2D eigenvalue weighted by Crippen LogP contribution is 2.39. The van der Waals surface area contributed by atoms with Gasteiger partial charge >= 0.3 is 0 Å². The van der Waals surface area contributed by atoms with Crippen molar-refractivity contribution in [2.24, 2.45) is 4.99 Å². The Labute approximate surface area is 162 Å². The number of hydrogen-bond donors (Lipinski definition) is 2. The van der Waals surface area contributed by atoms with Crippen molar-refractivity contribution in [2.75, 3.05) is 38.3 Å². The van der Waals surface area contributed by atoms with Crippen LogP contribution < -0.4 is 15.4 Å². The minimum atomic E-state index is -2.99. The number of fused-ring (bicyclic) bond motifs is 1. The Bertz CT molecular complexity index is 747. The predicted molar refractivity (Wildman–Crippen MR) is 108 cm³/mol. The first-order chi connectivity index (χ1) is 12.7. The summed E-state index contributed by atoms with van der Waals surface area (Å²) in [6.07, 6.45) is 2.02. The van der Waals surface area contributed by atoms with Crippen molar-refractivity contribution >= 4 is 15.8 Å². The molecule has 1 heterocycles. The van der Waals surface area contributed by atoms with E-state index in [9.17, 15) is 8.42 Å². The first kappa shape index (κ1) is 21.5. The number of para-hydroxylation sites is 1. The number of aliphatic imine (C=N–C) groups is 1. The average Bonchev–Trinajstić information content (AvgIpc) is 2.56. The van der Waals surface area contributed by atoms with Gasteiger partial charge in [-0.15, -0.1) is 0 Å². The fraction of sp³-hybridized carbons (Fsp3) is 0.632. The molecule has 1 unspecified atom stereocenters. The Morgan fingerprint density at radius 2 is 2.07 bits per heavy atom. The minimum Gasteiger partial charge on any atom is -0.487 e. The maximum atomic E-state index is 11.1. The SMILES string of the molecule is CCNC(=NCCOCCS(C)(=O)=O)NC1CC(C)(C)Oc2ccccc21. The zero-order chi connectivity index (χ0) is 19.9. The zero-order valence-electron chi connectivity index (χ0n) is 16.6. The van der Waals surface area contributed by atoms with Crippen molar-refractivity contribution in [3.8, 4) is 5.75 Å². The summed E-state index contributed by atoms with van der Waals surface area (Å²) in [5.41, 5.74) is 0.852. The molecular formula is C19H31N3O4S. The van der Waals surface area contributed by atoms with E-state index in [2.05, 4.69) is 35.5 Å². The Morgan fingerprint density at radius 3 is 2.78 bits per heavy atom. The van der Waals surface area contributed by atoms with Gasteiger partial charge in [0.15, 0.2) is 5.96 Å². The standard InChI is InChI=1S/C19H31N3O4S/c1-5-20-18(21-10-11-25-12-13-27(4,23)24)22-16-14-19(2,3)26-17-9-7-6-8-15(16)17/h6-9,16H,5,10-14H2,1-4H3,(H2,20,21,22). The highest BCUT2D eigenvalue weighted by atomic mass is 32.2. The summed E-state index contributed by atoms with van der Waals surface area (Å²) >= 11 is 0. The van der Waals surface area contributed by atoms with E-state index >= 15 is 0 Å². The molecule has 0 aromatic heterocycles. The summed E-state index contributed by atoms with van der Waals surface area (Å²) in [4.78, 5) is 4.54. The summed E-state index contributed by atoms with van der Waals surface area (Å²) in [6.45, 7) is 7.94. The van der Waals surface area contributed by atoms with Crippen molar-refractivity contribution in [2.45, 2.75) is 38.8 Å². The molecule has 0 fully saturated rings. The van der Waals surface area contributed by atoms with Crippen LogP contribution in [-0.2, 0) is 14.6 Å². The van der Waals surface area contributed by atoms with Crippen molar-refractivity contribution in [1.29, 1.82) is 0 Å². The van der Waals surface area contributed by atoms with Crippen molar-refractivity contribution in [1.82, 2.24) is 10.6 Å². The largest absolute Gasteiger partial charge is 0.487 e. The van der Waals surface area contributed by atoms with Gasteiger partial charge in [0.05, 0.1) is 31.6 Å². The zero-order valence-corrected chi connectivity index (χ0v) is 17.4. The van der Waals surface area contributed by atoms with Gasteiger partial charge in [-0.2, -0.15) is 0 Å². The molecule has 7 nitrogen and oxygen atoms in total. The molecule has 0 saturated heterocycles. The molecule has 0 saturated carbocycles. The number of guanidine groups is 1. The Morgan fingerprint density at radius 1 is 1.33 bits per heavy atom. The number of nitrogens with zero attached hydrogens (tertiary/aromatic N) is 1. The Hall–Kier alpha value is -1.80. The van der Waals surface area contributed by atoms with Gasteiger partial charge in [0.2, 0.25) is 0 Å². The van der Waals surface area contributed by atoms with Crippen LogP contribution >= 0.6 is 0 Å². The quantitative estimate of drug-likeness (QED) is 0.396. The van der Waals surface area contributed by atoms with Gasteiger partial charge in [-0.25, -0.2) is 8.42 Å². The number of nitrogens with one attached hydrogen (secondary N) is 2. The van der Waals surface area contributed by atoms with E-state index in [0.29, 0.717) is 19.1 Å². The van der Waals surface area contributed by atoms with Crippen molar-refractivity contribution < 1.29 is 17.9 Å². The Balaban J connectivity index is 1.96. The second-order valence-corrected chi connectivity index (χ2v) is 9.56. The van der Waals surface area contributed by atoms with E-state index in [4.69, 9.17) is 9.47 Å². The molecule has 0 aliphatic carbocycles. The van der Waals surface area contributed by atoms with Gasteiger partial charge < -0.3 is 20.1 Å². The van der Waals surface area contributed by atoms with Gasteiger partial charge in [0, 0.05) is 24.8 Å². The fourth-order valence-corrected chi connectivity index (χ4v) is 3.37. The average molecular weight is 398 g/mol. The van der Waals surface area contributed by atoms with E-state index in [-0.39, 0.29) is 24.0 Å². The van der Waals surface area contributed by atoms with Gasteiger partial charge in [-0.1, -0.05) is 18.2 Å². The summed E-state index contributed by atoms with van der Waals surface area (Å²) in [5.74, 6) is 1.64. The predicted octanol–water partition coefficient (Wildman–Crippen LogP) is 1.91. The lowest BCUT2D eigenvalue weighted by molar-refractivity contribution is 0.0694. The van der Waals surface area contributed by atoms with E-state index in [0.717, 1.165) is 24.3 Å². The molecule has 1 atom stereocenters. The lowest BCUT2D eigenvalue weighted by atomic mass is 9.90. The summed E-state index contributed by atoms with van der Waals surface area (Å²) in [5, 5.41) is 6.74.